The Morgan fingerprint density at radius 2 is 1.93 bits per heavy atom. The number of nitrogens with two attached hydrogens (primary N) is 1. The summed E-state index contributed by atoms with van der Waals surface area (Å²) in [6.45, 7) is 2.01. The molecule has 5 nitrogen and oxygen atoms in total. The van der Waals surface area contributed by atoms with Crippen molar-refractivity contribution in [2.24, 2.45) is 0 Å². The highest BCUT2D eigenvalue weighted by atomic mass is 79.9. The van der Waals surface area contributed by atoms with Gasteiger partial charge in [-0.05, 0) is 60.5 Å². The van der Waals surface area contributed by atoms with Crippen molar-refractivity contribution in [2.75, 3.05) is 18.2 Å². The van der Waals surface area contributed by atoms with Gasteiger partial charge in [-0.1, -0.05) is 22.9 Å². The maximum atomic E-state index is 12.3. The van der Waals surface area contributed by atoms with Crippen molar-refractivity contribution in [3.8, 4) is 5.75 Å². The number of anilines is 2. The average Bonchev–Trinajstić information content (AvgIpc) is 2.71. The number of pyridine rings is 1. The highest BCUT2D eigenvalue weighted by molar-refractivity contribution is 9.10. The molecule has 1 amide bonds. The highest BCUT2D eigenvalue weighted by Crippen LogP contribution is 2.26. The van der Waals surface area contributed by atoms with E-state index in [9.17, 15) is 4.79 Å². The number of amides is 1. The number of aryl methyl sites for hydroxylation is 1. The second kappa shape index (κ2) is 10.7. The lowest BCUT2D eigenvalue weighted by Crippen LogP contribution is -2.14. The normalized spacial score (nSPS) is 9.86. The Bertz CT molecular complexity index is 912. The van der Waals surface area contributed by atoms with Crippen LogP contribution in [-0.2, 0) is 6.42 Å². The minimum Gasteiger partial charge on any atom is -0.496 e. The molecule has 0 saturated carbocycles. The molecule has 3 aromatic rings. The monoisotopic (exact) mass is 459 g/mol. The zero-order chi connectivity index (χ0) is 20.5. The number of aromatic nitrogens is 1. The van der Waals surface area contributed by atoms with Crippen LogP contribution in [0.2, 0.25) is 0 Å². The van der Waals surface area contributed by atoms with Crippen LogP contribution in [0.4, 0.5) is 11.4 Å². The van der Waals surface area contributed by atoms with Crippen LogP contribution < -0.4 is 15.8 Å². The van der Waals surface area contributed by atoms with E-state index in [1.807, 2.05) is 37.3 Å². The number of benzene rings is 2. The summed E-state index contributed by atoms with van der Waals surface area (Å²) in [5, 5.41) is 2.84. The van der Waals surface area contributed by atoms with Gasteiger partial charge in [-0.15, -0.1) is 12.6 Å². The number of methoxy groups -OCH3 is 1. The number of halogens is 1. The summed E-state index contributed by atoms with van der Waals surface area (Å²) in [6, 6.07) is 14.7. The standard InChI is InChI=1S/C15H16N2O2S.C6H6BrN/c1-3-10-6-7-16-9-12(10)15(18)17-11-4-5-13(19-2)14(20)8-11;7-5-1-3-6(8)4-2-5/h4-9,20H,3H2,1-2H3,(H,17,18);1-4H,8H2. The number of rotatable bonds is 4. The highest BCUT2D eigenvalue weighted by Gasteiger charge is 2.11. The summed E-state index contributed by atoms with van der Waals surface area (Å²) in [5.74, 6) is 0.495. The topological polar surface area (TPSA) is 77.2 Å². The van der Waals surface area contributed by atoms with Gasteiger partial charge in [-0.25, -0.2) is 0 Å². The fourth-order valence-corrected chi connectivity index (χ4v) is 2.93. The fourth-order valence-electron chi connectivity index (χ4n) is 2.36. The molecule has 146 valence electrons. The van der Waals surface area contributed by atoms with E-state index in [4.69, 9.17) is 10.5 Å². The molecule has 0 aliphatic heterocycles. The van der Waals surface area contributed by atoms with Crippen molar-refractivity contribution in [1.29, 1.82) is 0 Å². The molecule has 0 unspecified atom stereocenters. The lowest BCUT2D eigenvalue weighted by molar-refractivity contribution is 0.102. The molecule has 0 fully saturated rings. The lowest BCUT2D eigenvalue weighted by Gasteiger charge is -2.10. The second-order valence-corrected chi connectivity index (χ2v) is 7.18. The van der Waals surface area contributed by atoms with Gasteiger partial charge in [-0.2, -0.15) is 0 Å². The molecule has 1 heterocycles. The quantitative estimate of drug-likeness (QED) is 0.368. The largest absolute Gasteiger partial charge is 0.496 e. The Morgan fingerprint density at radius 3 is 2.50 bits per heavy atom. The van der Waals surface area contributed by atoms with E-state index in [0.717, 1.165) is 22.1 Å². The van der Waals surface area contributed by atoms with Crippen molar-refractivity contribution in [3.05, 3.63) is 76.5 Å². The summed E-state index contributed by atoms with van der Waals surface area (Å²) >= 11 is 7.60. The second-order valence-electron chi connectivity index (χ2n) is 5.78. The van der Waals surface area contributed by atoms with Gasteiger partial charge in [0.15, 0.2) is 0 Å². The smallest absolute Gasteiger partial charge is 0.257 e. The molecular weight excluding hydrogens is 438 g/mol. The number of carbonyl (C=O) groups is 1. The molecule has 2 aromatic carbocycles. The van der Waals surface area contributed by atoms with Crippen LogP contribution in [0.5, 0.6) is 5.75 Å². The first-order chi connectivity index (χ1) is 13.4. The molecule has 0 saturated heterocycles. The van der Waals surface area contributed by atoms with Gasteiger partial charge in [0.05, 0.1) is 12.7 Å². The molecule has 7 heteroatoms. The molecule has 0 atom stereocenters. The number of thiol groups is 1. The van der Waals surface area contributed by atoms with Gasteiger partial charge >= 0.3 is 0 Å². The van der Waals surface area contributed by atoms with Gasteiger partial charge in [0.2, 0.25) is 0 Å². The Kier molecular flexibility index (Phi) is 8.35. The van der Waals surface area contributed by atoms with Gasteiger partial charge in [0.25, 0.3) is 5.91 Å². The van der Waals surface area contributed by atoms with Crippen LogP contribution >= 0.6 is 28.6 Å². The molecule has 28 heavy (non-hydrogen) atoms. The van der Waals surface area contributed by atoms with Crippen LogP contribution in [0.15, 0.2) is 70.3 Å². The predicted octanol–water partition coefficient (Wildman–Crippen LogP) is 5.22. The van der Waals surface area contributed by atoms with E-state index < -0.39 is 0 Å². The number of ether oxygens (including phenoxy) is 1. The Hall–Kier alpha value is -2.51. The van der Waals surface area contributed by atoms with Crippen LogP contribution in [0.3, 0.4) is 0 Å². The molecule has 0 aliphatic rings. The minimum atomic E-state index is -0.173. The maximum Gasteiger partial charge on any atom is 0.257 e. The summed E-state index contributed by atoms with van der Waals surface area (Å²) in [4.78, 5) is 16.9. The molecule has 0 radical (unpaired) electrons. The van der Waals surface area contributed by atoms with Crippen LogP contribution in [0.1, 0.15) is 22.8 Å². The molecule has 3 N–H and O–H groups in total. The third-order valence-corrected chi connectivity index (χ3v) is 4.72. The Balaban J connectivity index is 0.000000292. The SMILES string of the molecule is CCc1ccncc1C(=O)Nc1ccc(OC)c(S)c1.Nc1ccc(Br)cc1. The third-order valence-electron chi connectivity index (χ3n) is 3.84. The molecule has 0 aliphatic carbocycles. The Labute approximate surface area is 178 Å². The number of hydrogen-bond acceptors (Lipinski definition) is 5. The maximum absolute atomic E-state index is 12.3. The number of nitrogens with zero attached hydrogens (tertiary/aromatic N) is 1. The number of carbonyl (C=O) groups excluding carboxylic acids is 1. The Morgan fingerprint density at radius 1 is 1.21 bits per heavy atom. The van der Waals surface area contributed by atoms with E-state index in [0.29, 0.717) is 21.9 Å². The van der Waals surface area contributed by atoms with Crippen molar-refractivity contribution >= 4 is 45.8 Å². The summed E-state index contributed by atoms with van der Waals surface area (Å²) in [7, 11) is 1.58. The van der Waals surface area contributed by atoms with Gasteiger partial charge < -0.3 is 15.8 Å². The van der Waals surface area contributed by atoms with Crippen LogP contribution in [0, 0.1) is 0 Å². The fraction of sp³-hybridized carbons (Fsp3) is 0.143. The van der Waals surface area contributed by atoms with Crippen molar-refractivity contribution in [2.45, 2.75) is 18.2 Å². The number of hydrogen-bond donors (Lipinski definition) is 3. The molecular formula is C21H22BrN3O2S. The zero-order valence-corrected chi connectivity index (χ0v) is 18.1. The zero-order valence-electron chi connectivity index (χ0n) is 15.6. The van der Waals surface area contributed by atoms with Crippen LogP contribution in [0.25, 0.3) is 0 Å². The molecule has 3 rings (SSSR count). The molecule has 1 aromatic heterocycles. The lowest BCUT2D eigenvalue weighted by atomic mass is 10.1. The first-order valence-corrected chi connectivity index (χ1v) is 9.81. The first kappa shape index (κ1) is 21.8. The number of nitrogens with one attached hydrogen (secondary N) is 1. The third kappa shape index (κ3) is 6.28. The van der Waals surface area contributed by atoms with E-state index in [1.165, 1.54) is 0 Å². The molecule has 0 bridgehead atoms. The predicted molar refractivity (Wildman–Crippen MR) is 120 cm³/mol. The van der Waals surface area contributed by atoms with Crippen molar-refractivity contribution in [3.63, 3.8) is 0 Å². The first-order valence-electron chi connectivity index (χ1n) is 8.56. The van der Waals surface area contributed by atoms with E-state index >= 15 is 0 Å². The van der Waals surface area contributed by atoms with Gasteiger partial charge in [0, 0.05) is 33.1 Å². The van der Waals surface area contributed by atoms with E-state index in [2.05, 4.69) is 38.9 Å². The van der Waals surface area contributed by atoms with Gasteiger partial charge in [0.1, 0.15) is 5.75 Å². The summed E-state index contributed by atoms with van der Waals surface area (Å²) in [5.41, 5.74) is 8.44. The van der Waals surface area contributed by atoms with Crippen molar-refractivity contribution < 1.29 is 9.53 Å². The van der Waals surface area contributed by atoms with Crippen molar-refractivity contribution in [1.82, 2.24) is 4.98 Å². The van der Waals surface area contributed by atoms with E-state index in [1.54, 1.807) is 37.7 Å². The van der Waals surface area contributed by atoms with Gasteiger partial charge in [-0.3, -0.25) is 9.78 Å². The number of nitrogen functional groups attached to an aromatic ring is 1. The van der Waals surface area contributed by atoms with E-state index in [-0.39, 0.29) is 5.91 Å². The minimum absolute atomic E-state index is 0.173. The molecule has 0 spiro atoms. The summed E-state index contributed by atoms with van der Waals surface area (Å²) < 4.78 is 6.19. The average molecular weight is 460 g/mol. The van der Waals surface area contributed by atoms with Crippen LogP contribution in [-0.4, -0.2) is 18.0 Å². The summed E-state index contributed by atoms with van der Waals surface area (Å²) in [6.07, 6.45) is 4.06.